The minimum absolute atomic E-state index is 0.129. The van der Waals surface area contributed by atoms with E-state index in [1.165, 1.54) is 12.8 Å². The molecule has 0 saturated heterocycles. The fraction of sp³-hybridized carbons (Fsp3) is 0.917. The summed E-state index contributed by atoms with van der Waals surface area (Å²) in [5.41, 5.74) is 0. The molecule has 15 heavy (non-hydrogen) atoms. The van der Waals surface area contributed by atoms with Gasteiger partial charge in [-0.25, -0.2) is 0 Å². The lowest BCUT2D eigenvalue weighted by atomic mass is 10.1. The second-order valence-corrected chi connectivity index (χ2v) is 5.17. The fourth-order valence-corrected chi connectivity index (χ4v) is 1.80. The molecule has 3 nitrogen and oxygen atoms in total. The van der Waals surface area contributed by atoms with Gasteiger partial charge < -0.3 is 10.6 Å². The first-order valence-electron chi connectivity index (χ1n) is 6.08. The van der Waals surface area contributed by atoms with Crippen molar-refractivity contribution >= 4 is 5.91 Å². The number of carbonyl (C=O) groups is 1. The van der Waals surface area contributed by atoms with Gasteiger partial charge >= 0.3 is 0 Å². The predicted molar refractivity (Wildman–Crippen MR) is 62.7 cm³/mol. The summed E-state index contributed by atoms with van der Waals surface area (Å²) >= 11 is 0. The van der Waals surface area contributed by atoms with E-state index >= 15 is 0 Å². The molecule has 0 aromatic rings. The Bertz CT molecular complexity index is 200. The van der Waals surface area contributed by atoms with E-state index in [1.807, 2.05) is 0 Å². The Labute approximate surface area is 93.0 Å². The van der Waals surface area contributed by atoms with E-state index in [2.05, 4.69) is 31.4 Å². The molecule has 1 aliphatic carbocycles. The molecule has 88 valence electrons. The van der Waals surface area contributed by atoms with Gasteiger partial charge in [0, 0.05) is 6.04 Å². The molecule has 0 aromatic carbocycles. The van der Waals surface area contributed by atoms with Crippen molar-refractivity contribution in [3.8, 4) is 0 Å². The molecule has 0 radical (unpaired) electrons. The molecule has 1 rings (SSSR count). The molecule has 1 aliphatic rings. The Kier molecular flexibility index (Phi) is 5.09. The van der Waals surface area contributed by atoms with Crippen molar-refractivity contribution in [3.05, 3.63) is 0 Å². The highest BCUT2D eigenvalue weighted by Crippen LogP contribution is 2.27. The number of rotatable bonds is 7. The SMILES string of the molecule is CC(C)CC(C)NC(=O)CNCC1CC1. The van der Waals surface area contributed by atoms with Crippen LogP contribution in [0.5, 0.6) is 0 Å². The monoisotopic (exact) mass is 212 g/mol. The zero-order valence-corrected chi connectivity index (χ0v) is 10.2. The predicted octanol–water partition coefficient (Wildman–Crippen LogP) is 1.54. The highest BCUT2D eigenvalue weighted by Gasteiger charge is 2.20. The van der Waals surface area contributed by atoms with E-state index < -0.39 is 0 Å². The van der Waals surface area contributed by atoms with Crippen molar-refractivity contribution in [2.75, 3.05) is 13.1 Å². The average Bonchev–Trinajstić information content (AvgIpc) is 2.85. The van der Waals surface area contributed by atoms with E-state index in [0.29, 0.717) is 18.5 Å². The van der Waals surface area contributed by atoms with Crippen LogP contribution in [0.3, 0.4) is 0 Å². The average molecular weight is 212 g/mol. The third kappa shape index (κ3) is 6.50. The van der Waals surface area contributed by atoms with Crippen LogP contribution >= 0.6 is 0 Å². The first-order chi connectivity index (χ1) is 7.08. The Hall–Kier alpha value is -0.570. The van der Waals surface area contributed by atoms with Crippen molar-refractivity contribution in [2.24, 2.45) is 11.8 Å². The topological polar surface area (TPSA) is 41.1 Å². The molecule has 0 spiro atoms. The second kappa shape index (κ2) is 6.11. The normalized spacial score (nSPS) is 17.9. The fourth-order valence-electron chi connectivity index (χ4n) is 1.80. The summed E-state index contributed by atoms with van der Waals surface area (Å²) < 4.78 is 0. The van der Waals surface area contributed by atoms with Crippen molar-refractivity contribution in [1.82, 2.24) is 10.6 Å². The van der Waals surface area contributed by atoms with Crippen molar-refractivity contribution in [1.29, 1.82) is 0 Å². The van der Waals surface area contributed by atoms with E-state index in [0.717, 1.165) is 18.9 Å². The lowest BCUT2D eigenvalue weighted by Crippen LogP contribution is -2.40. The number of nitrogens with one attached hydrogen (secondary N) is 2. The molecular formula is C12H24N2O. The van der Waals surface area contributed by atoms with Gasteiger partial charge in [-0.1, -0.05) is 13.8 Å². The summed E-state index contributed by atoms with van der Waals surface area (Å²) in [4.78, 5) is 11.5. The van der Waals surface area contributed by atoms with Gasteiger partial charge in [-0.2, -0.15) is 0 Å². The third-order valence-electron chi connectivity index (χ3n) is 2.65. The van der Waals surface area contributed by atoms with Gasteiger partial charge in [0.25, 0.3) is 0 Å². The number of hydrogen-bond acceptors (Lipinski definition) is 2. The van der Waals surface area contributed by atoms with E-state index in [4.69, 9.17) is 0 Å². The molecule has 0 aliphatic heterocycles. The zero-order valence-electron chi connectivity index (χ0n) is 10.2. The van der Waals surface area contributed by atoms with Gasteiger partial charge in [-0.15, -0.1) is 0 Å². The van der Waals surface area contributed by atoms with Crippen molar-refractivity contribution < 1.29 is 4.79 Å². The maximum absolute atomic E-state index is 11.5. The quantitative estimate of drug-likeness (QED) is 0.672. The van der Waals surface area contributed by atoms with E-state index in [-0.39, 0.29) is 5.91 Å². The van der Waals surface area contributed by atoms with Crippen LogP contribution in [0.25, 0.3) is 0 Å². The Morgan fingerprint density at radius 1 is 1.33 bits per heavy atom. The number of carbonyl (C=O) groups excluding carboxylic acids is 1. The molecule has 1 amide bonds. The summed E-state index contributed by atoms with van der Waals surface area (Å²) in [6.45, 7) is 7.89. The van der Waals surface area contributed by atoms with Gasteiger partial charge in [0.05, 0.1) is 6.54 Å². The van der Waals surface area contributed by atoms with Gasteiger partial charge in [-0.05, 0) is 44.6 Å². The van der Waals surface area contributed by atoms with Crippen molar-refractivity contribution in [3.63, 3.8) is 0 Å². The maximum atomic E-state index is 11.5. The Morgan fingerprint density at radius 2 is 2.00 bits per heavy atom. The maximum Gasteiger partial charge on any atom is 0.234 e. The smallest absolute Gasteiger partial charge is 0.234 e. The van der Waals surface area contributed by atoms with Gasteiger partial charge in [-0.3, -0.25) is 4.79 Å². The first-order valence-corrected chi connectivity index (χ1v) is 6.08. The second-order valence-electron chi connectivity index (χ2n) is 5.17. The van der Waals surface area contributed by atoms with E-state index in [1.54, 1.807) is 0 Å². The summed E-state index contributed by atoms with van der Waals surface area (Å²) in [5, 5.41) is 6.20. The molecule has 3 heteroatoms. The number of hydrogen-bond donors (Lipinski definition) is 2. The van der Waals surface area contributed by atoms with Crippen LogP contribution < -0.4 is 10.6 Å². The molecule has 1 atom stereocenters. The molecule has 1 unspecified atom stereocenters. The molecule has 0 aromatic heterocycles. The summed E-state index contributed by atoms with van der Waals surface area (Å²) in [6, 6.07) is 0.292. The lowest BCUT2D eigenvalue weighted by molar-refractivity contribution is -0.120. The van der Waals surface area contributed by atoms with Gasteiger partial charge in [0.15, 0.2) is 0 Å². The van der Waals surface area contributed by atoms with Gasteiger partial charge in [0.2, 0.25) is 5.91 Å². The third-order valence-corrected chi connectivity index (χ3v) is 2.65. The Balaban J connectivity index is 2.00. The highest BCUT2D eigenvalue weighted by atomic mass is 16.1. The first kappa shape index (κ1) is 12.5. The largest absolute Gasteiger partial charge is 0.353 e. The lowest BCUT2D eigenvalue weighted by Gasteiger charge is -2.16. The van der Waals surface area contributed by atoms with Crippen LogP contribution in [-0.2, 0) is 4.79 Å². The van der Waals surface area contributed by atoms with Crippen LogP contribution in [-0.4, -0.2) is 25.0 Å². The molecule has 0 bridgehead atoms. The van der Waals surface area contributed by atoms with Crippen LogP contribution in [0, 0.1) is 11.8 Å². The molecular weight excluding hydrogens is 188 g/mol. The summed E-state index contributed by atoms with van der Waals surface area (Å²) in [6.07, 6.45) is 3.71. The van der Waals surface area contributed by atoms with Crippen LogP contribution in [0.4, 0.5) is 0 Å². The van der Waals surface area contributed by atoms with Crippen LogP contribution in [0.1, 0.15) is 40.0 Å². The van der Waals surface area contributed by atoms with Crippen molar-refractivity contribution in [2.45, 2.75) is 46.1 Å². The van der Waals surface area contributed by atoms with Crippen LogP contribution in [0.15, 0.2) is 0 Å². The molecule has 1 saturated carbocycles. The minimum Gasteiger partial charge on any atom is -0.353 e. The highest BCUT2D eigenvalue weighted by molar-refractivity contribution is 5.78. The molecule has 0 heterocycles. The Morgan fingerprint density at radius 3 is 2.53 bits per heavy atom. The van der Waals surface area contributed by atoms with Crippen LogP contribution in [0.2, 0.25) is 0 Å². The molecule has 1 fully saturated rings. The summed E-state index contributed by atoms with van der Waals surface area (Å²) in [7, 11) is 0. The standard InChI is InChI=1S/C12H24N2O/c1-9(2)6-10(3)14-12(15)8-13-7-11-4-5-11/h9-11,13H,4-8H2,1-3H3,(H,14,15). The van der Waals surface area contributed by atoms with E-state index in [9.17, 15) is 4.79 Å². The minimum atomic E-state index is 0.129. The molecule has 2 N–H and O–H groups in total. The summed E-state index contributed by atoms with van der Waals surface area (Å²) in [5.74, 6) is 1.61. The number of amides is 1. The van der Waals surface area contributed by atoms with Gasteiger partial charge in [0.1, 0.15) is 0 Å². The zero-order chi connectivity index (χ0) is 11.3.